The maximum atomic E-state index is 13.7. The Balaban J connectivity index is 1.98. The molecule has 1 heterocycles. The van der Waals surface area contributed by atoms with Crippen LogP contribution in [0.2, 0.25) is 0 Å². The Kier molecular flexibility index (Phi) is 3.19. The Hall–Kier alpha value is -2.31. The van der Waals surface area contributed by atoms with Crippen LogP contribution in [-0.2, 0) is 6.54 Å². The third kappa shape index (κ3) is 2.39. The molecule has 0 aromatic heterocycles. The van der Waals surface area contributed by atoms with Gasteiger partial charge in [0.2, 0.25) is 0 Å². The molecule has 7 heteroatoms. The molecule has 1 aliphatic rings. The van der Waals surface area contributed by atoms with Gasteiger partial charge >= 0.3 is 0 Å². The lowest BCUT2D eigenvalue weighted by Crippen LogP contribution is -2.33. The number of halogens is 5. The van der Waals surface area contributed by atoms with E-state index in [4.69, 9.17) is 4.74 Å². The van der Waals surface area contributed by atoms with E-state index in [1.54, 1.807) is 0 Å². The second-order valence-corrected chi connectivity index (χ2v) is 4.56. The molecule has 0 N–H and O–H groups in total. The fourth-order valence-electron chi connectivity index (χ4n) is 2.21. The third-order valence-electron chi connectivity index (χ3n) is 3.14. The average Bonchev–Trinajstić information content (AvgIpc) is 2.39. The Morgan fingerprint density at radius 3 is 2.10 bits per heavy atom. The molecule has 110 valence electrons. The molecule has 0 saturated heterocycles. The molecular weight excluding hydrogens is 293 g/mol. The fraction of sp³-hybridized carbons (Fsp3) is 0.143. The number of fused-ring (bicyclic) bond motifs is 1. The standard InChI is InChI=1S/C14H8F5NO/c15-8-2-11(18)14(12(19)3-8)20-5-7-1-9(16)10(17)4-13(7)21-6-20/h1-4H,5-6H2. The molecule has 0 fully saturated rings. The summed E-state index contributed by atoms with van der Waals surface area (Å²) in [5.74, 6) is -5.28. The molecule has 2 aromatic rings. The number of benzene rings is 2. The van der Waals surface area contributed by atoms with E-state index < -0.39 is 34.8 Å². The van der Waals surface area contributed by atoms with Crippen molar-refractivity contribution >= 4 is 5.69 Å². The number of ether oxygens (including phenoxy) is 1. The largest absolute Gasteiger partial charge is 0.473 e. The number of anilines is 1. The molecule has 3 rings (SSSR count). The van der Waals surface area contributed by atoms with Crippen LogP contribution in [0.25, 0.3) is 0 Å². The highest BCUT2D eigenvalue weighted by atomic mass is 19.2. The van der Waals surface area contributed by atoms with Gasteiger partial charge in [0.1, 0.15) is 17.3 Å². The van der Waals surface area contributed by atoms with Crippen LogP contribution in [0.15, 0.2) is 24.3 Å². The van der Waals surface area contributed by atoms with E-state index in [0.717, 1.165) is 17.0 Å². The maximum absolute atomic E-state index is 13.7. The van der Waals surface area contributed by atoms with E-state index in [-0.39, 0.29) is 24.6 Å². The van der Waals surface area contributed by atoms with Crippen molar-refractivity contribution in [2.75, 3.05) is 11.6 Å². The van der Waals surface area contributed by atoms with Gasteiger partial charge in [0.15, 0.2) is 30.0 Å². The lowest BCUT2D eigenvalue weighted by atomic mass is 10.1. The van der Waals surface area contributed by atoms with Crippen molar-refractivity contribution in [2.24, 2.45) is 0 Å². The molecule has 0 unspecified atom stereocenters. The average molecular weight is 301 g/mol. The fourth-order valence-corrected chi connectivity index (χ4v) is 2.21. The van der Waals surface area contributed by atoms with Gasteiger partial charge in [0.05, 0.1) is 6.54 Å². The molecular formula is C14H8F5NO. The SMILES string of the molecule is Fc1cc(F)c(N2COc3cc(F)c(F)cc3C2)c(F)c1. The first-order chi connectivity index (χ1) is 9.95. The van der Waals surface area contributed by atoms with Crippen LogP contribution in [0.1, 0.15) is 5.56 Å². The Bertz CT molecular complexity index is 696. The van der Waals surface area contributed by atoms with Gasteiger partial charge in [-0.05, 0) is 6.07 Å². The van der Waals surface area contributed by atoms with Crippen molar-refractivity contribution < 1.29 is 26.7 Å². The number of hydrogen-bond donors (Lipinski definition) is 0. The summed E-state index contributed by atoms with van der Waals surface area (Å²) in [6.07, 6.45) is 0. The predicted molar refractivity (Wildman–Crippen MR) is 64.4 cm³/mol. The van der Waals surface area contributed by atoms with E-state index in [1.807, 2.05) is 0 Å². The number of rotatable bonds is 1. The zero-order valence-corrected chi connectivity index (χ0v) is 10.5. The van der Waals surface area contributed by atoms with Crippen molar-refractivity contribution in [1.82, 2.24) is 0 Å². The van der Waals surface area contributed by atoms with Gasteiger partial charge in [0.25, 0.3) is 0 Å². The molecule has 21 heavy (non-hydrogen) atoms. The lowest BCUT2D eigenvalue weighted by molar-refractivity contribution is 0.282. The Labute approximate surface area is 116 Å². The van der Waals surface area contributed by atoms with Crippen LogP contribution >= 0.6 is 0 Å². The van der Waals surface area contributed by atoms with Crippen molar-refractivity contribution in [3.05, 3.63) is 58.9 Å². The van der Waals surface area contributed by atoms with Gasteiger partial charge in [-0.25, -0.2) is 22.0 Å². The normalized spacial score (nSPS) is 13.9. The summed E-state index contributed by atoms with van der Waals surface area (Å²) in [4.78, 5) is 1.13. The molecule has 0 radical (unpaired) electrons. The zero-order chi connectivity index (χ0) is 15.1. The van der Waals surface area contributed by atoms with E-state index in [9.17, 15) is 22.0 Å². The molecule has 0 saturated carbocycles. The summed E-state index contributed by atoms with van der Waals surface area (Å²) in [5, 5.41) is 0. The van der Waals surface area contributed by atoms with Crippen LogP contribution in [0.5, 0.6) is 5.75 Å². The minimum absolute atomic E-state index is 0.0913. The third-order valence-corrected chi connectivity index (χ3v) is 3.14. The molecule has 2 aromatic carbocycles. The highest BCUT2D eigenvalue weighted by Gasteiger charge is 2.25. The Morgan fingerprint density at radius 2 is 1.43 bits per heavy atom. The van der Waals surface area contributed by atoms with Gasteiger partial charge in [-0.3, -0.25) is 0 Å². The molecule has 2 nitrogen and oxygen atoms in total. The van der Waals surface area contributed by atoms with E-state index in [0.29, 0.717) is 12.1 Å². The van der Waals surface area contributed by atoms with Crippen LogP contribution in [0, 0.1) is 29.1 Å². The smallest absolute Gasteiger partial charge is 0.162 e. The van der Waals surface area contributed by atoms with Crippen LogP contribution < -0.4 is 9.64 Å². The summed E-state index contributed by atoms with van der Waals surface area (Å²) in [5.41, 5.74) is -0.241. The predicted octanol–water partition coefficient (Wildman–Crippen LogP) is 3.74. The minimum Gasteiger partial charge on any atom is -0.473 e. The maximum Gasteiger partial charge on any atom is 0.162 e. The second-order valence-electron chi connectivity index (χ2n) is 4.56. The number of nitrogens with zero attached hydrogens (tertiary/aromatic N) is 1. The molecule has 0 spiro atoms. The first-order valence-corrected chi connectivity index (χ1v) is 5.96. The van der Waals surface area contributed by atoms with Crippen LogP contribution in [0.4, 0.5) is 27.6 Å². The summed E-state index contributed by atoms with van der Waals surface area (Å²) >= 11 is 0. The van der Waals surface area contributed by atoms with Crippen molar-refractivity contribution in [3.8, 4) is 5.75 Å². The summed E-state index contributed by atoms with van der Waals surface area (Å²) in [6.45, 7) is -0.358. The first-order valence-electron chi connectivity index (χ1n) is 5.96. The number of hydrogen-bond acceptors (Lipinski definition) is 2. The minimum atomic E-state index is -1.10. The van der Waals surface area contributed by atoms with Gasteiger partial charge in [0, 0.05) is 23.8 Å². The van der Waals surface area contributed by atoms with E-state index >= 15 is 0 Å². The van der Waals surface area contributed by atoms with Gasteiger partial charge in [-0.2, -0.15) is 0 Å². The molecule has 0 atom stereocenters. The monoisotopic (exact) mass is 301 g/mol. The second kappa shape index (κ2) is 4.91. The van der Waals surface area contributed by atoms with Gasteiger partial charge < -0.3 is 9.64 Å². The van der Waals surface area contributed by atoms with Gasteiger partial charge in [-0.1, -0.05) is 0 Å². The highest BCUT2D eigenvalue weighted by molar-refractivity contribution is 5.52. The molecule has 1 aliphatic heterocycles. The topological polar surface area (TPSA) is 12.5 Å². The van der Waals surface area contributed by atoms with Crippen molar-refractivity contribution in [1.29, 1.82) is 0 Å². The van der Waals surface area contributed by atoms with Crippen LogP contribution in [-0.4, -0.2) is 6.73 Å². The van der Waals surface area contributed by atoms with Crippen LogP contribution in [0.3, 0.4) is 0 Å². The van der Waals surface area contributed by atoms with E-state index in [2.05, 4.69) is 0 Å². The Morgan fingerprint density at radius 1 is 0.810 bits per heavy atom. The highest BCUT2D eigenvalue weighted by Crippen LogP contribution is 2.32. The molecule has 0 aliphatic carbocycles. The summed E-state index contributed by atoms with van der Waals surface area (Å²) in [7, 11) is 0. The quantitative estimate of drug-likeness (QED) is 0.744. The summed E-state index contributed by atoms with van der Waals surface area (Å²) < 4.78 is 71.7. The van der Waals surface area contributed by atoms with E-state index in [1.165, 1.54) is 0 Å². The molecule has 0 amide bonds. The summed E-state index contributed by atoms with van der Waals surface area (Å²) in [6, 6.07) is 2.86. The first kappa shape index (κ1) is 13.7. The zero-order valence-electron chi connectivity index (χ0n) is 10.5. The van der Waals surface area contributed by atoms with Gasteiger partial charge in [-0.15, -0.1) is 0 Å². The molecule has 0 bridgehead atoms. The lowest BCUT2D eigenvalue weighted by Gasteiger charge is -2.31. The van der Waals surface area contributed by atoms with Crippen molar-refractivity contribution in [3.63, 3.8) is 0 Å². The van der Waals surface area contributed by atoms with Crippen molar-refractivity contribution in [2.45, 2.75) is 6.54 Å².